The van der Waals surface area contributed by atoms with Gasteiger partial charge in [-0.05, 0) is 29.2 Å². The average molecular weight is 354 g/mol. The molecule has 0 radical (unpaired) electrons. The molecule has 25 heavy (non-hydrogen) atoms. The SMILES string of the molecule is CC(C)(C)c1cc2c(N/N=C/c3ccc(C(=O)O)cc3)ncnc2s1. The van der Waals surface area contributed by atoms with Gasteiger partial charge in [0.15, 0.2) is 5.82 Å². The summed E-state index contributed by atoms with van der Waals surface area (Å²) in [4.78, 5) is 21.6. The minimum Gasteiger partial charge on any atom is -0.478 e. The third-order valence-electron chi connectivity index (χ3n) is 3.61. The molecule has 0 unspecified atom stereocenters. The second-order valence-electron chi connectivity index (χ2n) is 6.60. The number of rotatable bonds is 4. The minimum absolute atomic E-state index is 0.0534. The zero-order valence-electron chi connectivity index (χ0n) is 14.1. The van der Waals surface area contributed by atoms with E-state index in [9.17, 15) is 4.79 Å². The van der Waals surface area contributed by atoms with E-state index in [0.717, 1.165) is 15.8 Å². The van der Waals surface area contributed by atoms with Gasteiger partial charge in [-0.25, -0.2) is 14.8 Å². The summed E-state index contributed by atoms with van der Waals surface area (Å²) in [7, 11) is 0. The highest BCUT2D eigenvalue weighted by Gasteiger charge is 2.18. The maximum absolute atomic E-state index is 10.8. The molecule has 0 amide bonds. The van der Waals surface area contributed by atoms with Crippen LogP contribution in [-0.4, -0.2) is 27.3 Å². The number of carboxylic acids is 1. The lowest BCUT2D eigenvalue weighted by Gasteiger charge is -2.14. The van der Waals surface area contributed by atoms with Gasteiger partial charge in [0.05, 0.1) is 17.2 Å². The van der Waals surface area contributed by atoms with Gasteiger partial charge in [0.2, 0.25) is 0 Å². The Kier molecular flexibility index (Phi) is 4.50. The number of nitrogens with zero attached hydrogens (tertiary/aromatic N) is 3. The molecule has 2 aromatic heterocycles. The van der Waals surface area contributed by atoms with Gasteiger partial charge in [0.1, 0.15) is 11.2 Å². The Bertz CT molecular complexity index is 940. The molecule has 0 aliphatic heterocycles. The van der Waals surface area contributed by atoms with E-state index in [1.807, 2.05) is 0 Å². The Balaban J connectivity index is 1.81. The number of benzene rings is 1. The zero-order chi connectivity index (χ0) is 18.0. The number of carbonyl (C=O) groups is 1. The van der Waals surface area contributed by atoms with Gasteiger partial charge in [-0.15, -0.1) is 11.3 Å². The standard InChI is InChI=1S/C18H18N4O2S/c1-18(2,3)14-8-13-15(19-10-20-16(13)25-14)22-21-9-11-4-6-12(7-5-11)17(23)24/h4-10H,1-3H3,(H,23,24)(H,19,20,22)/b21-9+. The quantitative estimate of drug-likeness (QED) is 0.543. The number of hydrazone groups is 1. The van der Waals surface area contributed by atoms with E-state index in [1.54, 1.807) is 41.8 Å². The number of hydrogen-bond acceptors (Lipinski definition) is 6. The van der Waals surface area contributed by atoms with Gasteiger partial charge in [-0.1, -0.05) is 32.9 Å². The number of hydrogen-bond donors (Lipinski definition) is 2. The van der Waals surface area contributed by atoms with Crippen LogP contribution in [0.3, 0.4) is 0 Å². The van der Waals surface area contributed by atoms with Gasteiger partial charge in [-0.3, -0.25) is 5.43 Å². The Morgan fingerprint density at radius 1 is 1.24 bits per heavy atom. The molecule has 0 aliphatic carbocycles. The van der Waals surface area contributed by atoms with Crippen LogP contribution in [0.25, 0.3) is 10.2 Å². The average Bonchev–Trinajstić information content (AvgIpc) is 3.01. The van der Waals surface area contributed by atoms with Gasteiger partial charge < -0.3 is 5.11 Å². The molecule has 3 rings (SSSR count). The zero-order valence-corrected chi connectivity index (χ0v) is 15.0. The van der Waals surface area contributed by atoms with Crippen molar-refractivity contribution < 1.29 is 9.90 Å². The van der Waals surface area contributed by atoms with Crippen LogP contribution in [0.1, 0.15) is 41.6 Å². The van der Waals surface area contributed by atoms with Crippen LogP contribution in [0.5, 0.6) is 0 Å². The molecule has 2 N–H and O–H groups in total. The largest absolute Gasteiger partial charge is 0.478 e. The molecule has 0 saturated heterocycles. The summed E-state index contributed by atoms with van der Waals surface area (Å²) < 4.78 is 0. The molecule has 0 aliphatic rings. The maximum atomic E-state index is 10.8. The second-order valence-corrected chi connectivity index (χ2v) is 7.63. The predicted octanol–water partition coefficient (Wildman–Crippen LogP) is 4.13. The lowest BCUT2D eigenvalue weighted by molar-refractivity contribution is 0.0697. The van der Waals surface area contributed by atoms with Gasteiger partial charge in [0.25, 0.3) is 0 Å². The Hall–Kier alpha value is -2.80. The van der Waals surface area contributed by atoms with Crippen LogP contribution < -0.4 is 5.43 Å². The first-order chi connectivity index (χ1) is 11.8. The van der Waals surface area contributed by atoms with Crippen LogP contribution in [0, 0.1) is 0 Å². The van der Waals surface area contributed by atoms with Gasteiger partial charge in [0, 0.05) is 4.88 Å². The van der Waals surface area contributed by atoms with Gasteiger partial charge in [-0.2, -0.15) is 5.10 Å². The lowest BCUT2D eigenvalue weighted by atomic mass is 9.94. The van der Waals surface area contributed by atoms with Crippen LogP contribution in [-0.2, 0) is 5.41 Å². The second kappa shape index (κ2) is 6.60. The minimum atomic E-state index is -0.947. The number of fused-ring (bicyclic) bond motifs is 1. The lowest BCUT2D eigenvalue weighted by Crippen LogP contribution is -2.07. The predicted molar refractivity (Wildman–Crippen MR) is 101 cm³/mol. The topological polar surface area (TPSA) is 87.5 Å². The Labute approximate surface area is 149 Å². The summed E-state index contributed by atoms with van der Waals surface area (Å²) in [5, 5.41) is 14.0. The van der Waals surface area contributed by atoms with Crippen molar-refractivity contribution in [3.63, 3.8) is 0 Å². The molecule has 0 atom stereocenters. The molecule has 3 aromatic rings. The van der Waals surface area contributed by atoms with Crippen molar-refractivity contribution in [2.24, 2.45) is 5.10 Å². The molecule has 7 heteroatoms. The van der Waals surface area contributed by atoms with Crippen LogP contribution in [0.4, 0.5) is 5.82 Å². The van der Waals surface area contributed by atoms with Crippen molar-refractivity contribution in [1.82, 2.24) is 9.97 Å². The van der Waals surface area contributed by atoms with E-state index in [2.05, 4.69) is 47.3 Å². The molecule has 6 nitrogen and oxygen atoms in total. The van der Waals surface area contributed by atoms with Gasteiger partial charge >= 0.3 is 5.97 Å². The smallest absolute Gasteiger partial charge is 0.335 e. The molecule has 0 saturated carbocycles. The fraction of sp³-hybridized carbons (Fsp3) is 0.222. The molecule has 0 fully saturated rings. The van der Waals surface area contributed by atoms with E-state index < -0.39 is 5.97 Å². The van der Waals surface area contributed by atoms with Crippen LogP contribution in [0.15, 0.2) is 41.8 Å². The summed E-state index contributed by atoms with van der Waals surface area (Å²) in [5.41, 5.74) is 4.04. The number of nitrogens with one attached hydrogen (secondary N) is 1. The highest BCUT2D eigenvalue weighted by molar-refractivity contribution is 7.18. The third kappa shape index (κ3) is 3.83. The van der Waals surface area contributed by atoms with Crippen molar-refractivity contribution in [2.45, 2.75) is 26.2 Å². The highest BCUT2D eigenvalue weighted by atomic mass is 32.1. The van der Waals surface area contributed by atoms with Crippen molar-refractivity contribution in [3.05, 3.63) is 52.7 Å². The first kappa shape index (κ1) is 17.0. The normalized spacial score (nSPS) is 12.0. The monoisotopic (exact) mass is 354 g/mol. The summed E-state index contributed by atoms with van der Waals surface area (Å²) in [6, 6.07) is 8.58. The molecular weight excluding hydrogens is 336 g/mol. The van der Waals surface area contributed by atoms with E-state index in [-0.39, 0.29) is 11.0 Å². The van der Waals surface area contributed by atoms with Crippen molar-refractivity contribution in [1.29, 1.82) is 0 Å². The number of aromatic nitrogens is 2. The third-order valence-corrected chi connectivity index (χ3v) is 5.08. The fourth-order valence-corrected chi connectivity index (χ4v) is 3.25. The molecule has 0 bridgehead atoms. The molecule has 2 heterocycles. The van der Waals surface area contributed by atoms with E-state index in [4.69, 9.17) is 5.11 Å². The molecule has 1 aromatic carbocycles. The molecule has 128 valence electrons. The Morgan fingerprint density at radius 2 is 1.96 bits per heavy atom. The highest BCUT2D eigenvalue weighted by Crippen LogP contribution is 2.35. The van der Waals surface area contributed by atoms with Crippen molar-refractivity contribution >= 4 is 39.6 Å². The summed E-state index contributed by atoms with van der Waals surface area (Å²) in [5.74, 6) is -0.299. The fourth-order valence-electron chi connectivity index (χ4n) is 2.19. The number of carboxylic acid groups (broad SMARTS) is 1. The molecular formula is C18H18N4O2S. The summed E-state index contributed by atoms with van der Waals surface area (Å²) in [6.07, 6.45) is 3.14. The first-order valence-corrected chi connectivity index (χ1v) is 8.54. The first-order valence-electron chi connectivity index (χ1n) is 7.72. The summed E-state index contributed by atoms with van der Waals surface area (Å²) in [6.45, 7) is 6.49. The van der Waals surface area contributed by atoms with E-state index in [0.29, 0.717) is 5.82 Å². The van der Waals surface area contributed by atoms with E-state index in [1.165, 1.54) is 11.2 Å². The van der Waals surface area contributed by atoms with Crippen molar-refractivity contribution in [2.75, 3.05) is 5.43 Å². The van der Waals surface area contributed by atoms with Crippen LogP contribution >= 0.6 is 11.3 Å². The Morgan fingerprint density at radius 3 is 2.60 bits per heavy atom. The summed E-state index contributed by atoms with van der Waals surface area (Å²) >= 11 is 1.65. The number of anilines is 1. The maximum Gasteiger partial charge on any atom is 0.335 e. The molecule has 0 spiro atoms. The van der Waals surface area contributed by atoms with E-state index >= 15 is 0 Å². The van der Waals surface area contributed by atoms with Crippen molar-refractivity contribution in [3.8, 4) is 0 Å². The van der Waals surface area contributed by atoms with Crippen LogP contribution in [0.2, 0.25) is 0 Å². The number of thiophene rings is 1. The number of aromatic carboxylic acids is 1.